The maximum absolute atomic E-state index is 13.5. The number of hydrogen-bond acceptors (Lipinski definition) is 7. The number of nitrogens with zero attached hydrogens (tertiary/aromatic N) is 1. The molecular formula is C25H38N4O6S. The average Bonchev–Trinajstić information content (AvgIpc) is 3.35. The molecule has 1 fully saturated rings. The van der Waals surface area contributed by atoms with Crippen molar-refractivity contribution < 1.29 is 29.4 Å². The van der Waals surface area contributed by atoms with Crippen LogP contribution in [0.1, 0.15) is 45.1 Å². The molecule has 0 radical (unpaired) electrons. The molecule has 10 nitrogen and oxygen atoms in total. The largest absolute Gasteiger partial charge is 0.508 e. The number of phenols is 1. The number of nitrogens with one attached hydrogen (secondary N) is 2. The minimum Gasteiger partial charge on any atom is -0.508 e. The van der Waals surface area contributed by atoms with E-state index in [1.54, 1.807) is 12.1 Å². The van der Waals surface area contributed by atoms with Gasteiger partial charge in [0.2, 0.25) is 17.7 Å². The number of thioether (sulfide) groups is 1. The lowest BCUT2D eigenvalue weighted by Gasteiger charge is -2.32. The van der Waals surface area contributed by atoms with E-state index < -0.39 is 42.0 Å². The number of carbonyl (C=O) groups is 4. The van der Waals surface area contributed by atoms with Gasteiger partial charge in [0.1, 0.15) is 23.9 Å². The van der Waals surface area contributed by atoms with Crippen molar-refractivity contribution in [2.24, 2.45) is 11.7 Å². The second-order valence-corrected chi connectivity index (χ2v) is 10.2. The van der Waals surface area contributed by atoms with Gasteiger partial charge in [-0.2, -0.15) is 11.8 Å². The number of likely N-dealkylation sites (tertiary alicyclic amines) is 1. The summed E-state index contributed by atoms with van der Waals surface area (Å²) in [5.41, 5.74) is 6.88. The van der Waals surface area contributed by atoms with Gasteiger partial charge >= 0.3 is 5.97 Å². The molecule has 0 aromatic heterocycles. The van der Waals surface area contributed by atoms with Crippen LogP contribution in [0.15, 0.2) is 24.3 Å². The number of amides is 3. The maximum atomic E-state index is 13.5. The molecular weight excluding hydrogens is 484 g/mol. The van der Waals surface area contributed by atoms with Crippen LogP contribution in [0.25, 0.3) is 0 Å². The van der Waals surface area contributed by atoms with E-state index in [1.807, 2.05) is 20.1 Å². The zero-order valence-electron chi connectivity index (χ0n) is 21.1. The van der Waals surface area contributed by atoms with Crippen LogP contribution in [0, 0.1) is 5.92 Å². The molecule has 1 aliphatic rings. The number of hydrogen-bond donors (Lipinski definition) is 5. The van der Waals surface area contributed by atoms with Crippen molar-refractivity contribution in [2.45, 2.75) is 70.1 Å². The van der Waals surface area contributed by atoms with Crippen molar-refractivity contribution >= 4 is 35.5 Å². The van der Waals surface area contributed by atoms with Crippen LogP contribution in [-0.2, 0) is 25.6 Å². The topological polar surface area (TPSA) is 162 Å². The van der Waals surface area contributed by atoms with Gasteiger partial charge in [0.25, 0.3) is 0 Å². The Morgan fingerprint density at radius 1 is 1.19 bits per heavy atom. The van der Waals surface area contributed by atoms with E-state index in [2.05, 4.69) is 10.6 Å². The van der Waals surface area contributed by atoms with Crippen molar-refractivity contribution in [1.82, 2.24) is 15.5 Å². The van der Waals surface area contributed by atoms with Gasteiger partial charge in [0.15, 0.2) is 0 Å². The first kappa shape index (κ1) is 29.4. The molecule has 0 saturated carbocycles. The van der Waals surface area contributed by atoms with E-state index in [4.69, 9.17) is 5.73 Å². The summed E-state index contributed by atoms with van der Waals surface area (Å²) in [7, 11) is 0. The van der Waals surface area contributed by atoms with Gasteiger partial charge in [-0.3, -0.25) is 14.4 Å². The number of carboxylic acid groups (broad SMARTS) is 1. The monoisotopic (exact) mass is 522 g/mol. The molecule has 0 aliphatic carbocycles. The van der Waals surface area contributed by atoms with Crippen LogP contribution >= 0.6 is 11.8 Å². The molecule has 200 valence electrons. The minimum atomic E-state index is -1.11. The lowest BCUT2D eigenvalue weighted by molar-refractivity contribution is -0.145. The number of carboxylic acids is 1. The molecule has 2 rings (SSSR count). The van der Waals surface area contributed by atoms with Gasteiger partial charge in [0, 0.05) is 6.54 Å². The average molecular weight is 523 g/mol. The van der Waals surface area contributed by atoms with Crippen LogP contribution in [0.2, 0.25) is 0 Å². The molecule has 0 spiro atoms. The van der Waals surface area contributed by atoms with Crippen LogP contribution < -0.4 is 16.4 Å². The van der Waals surface area contributed by atoms with Gasteiger partial charge in [-0.05, 0) is 61.3 Å². The molecule has 36 heavy (non-hydrogen) atoms. The Morgan fingerprint density at radius 2 is 1.86 bits per heavy atom. The van der Waals surface area contributed by atoms with Gasteiger partial charge < -0.3 is 31.5 Å². The van der Waals surface area contributed by atoms with Crippen molar-refractivity contribution in [3.63, 3.8) is 0 Å². The van der Waals surface area contributed by atoms with E-state index in [1.165, 1.54) is 28.8 Å². The first-order valence-electron chi connectivity index (χ1n) is 12.2. The van der Waals surface area contributed by atoms with E-state index in [-0.39, 0.29) is 30.4 Å². The molecule has 3 amide bonds. The molecule has 5 atom stereocenters. The van der Waals surface area contributed by atoms with Gasteiger partial charge in [0.05, 0.1) is 6.04 Å². The maximum Gasteiger partial charge on any atom is 0.326 e. The van der Waals surface area contributed by atoms with Crippen LogP contribution in [0.4, 0.5) is 0 Å². The number of carbonyl (C=O) groups excluding carboxylic acids is 3. The molecule has 5 unspecified atom stereocenters. The SMILES string of the molecule is CCC(C)C(NC(=O)C(N)Cc1ccc(O)cc1)C(=O)N1CCCC1C(=O)NC(CCSC)C(=O)O. The fraction of sp³-hybridized carbons (Fsp3) is 0.600. The van der Waals surface area contributed by atoms with E-state index >= 15 is 0 Å². The Balaban J connectivity index is 2.10. The highest BCUT2D eigenvalue weighted by molar-refractivity contribution is 7.98. The quantitative estimate of drug-likeness (QED) is 0.257. The fourth-order valence-electron chi connectivity index (χ4n) is 4.16. The van der Waals surface area contributed by atoms with Crippen LogP contribution in [0.5, 0.6) is 5.75 Å². The summed E-state index contributed by atoms with van der Waals surface area (Å²) in [6.07, 6.45) is 4.02. The van der Waals surface area contributed by atoms with Crippen molar-refractivity contribution in [2.75, 3.05) is 18.6 Å². The molecule has 11 heteroatoms. The number of nitrogens with two attached hydrogens (primary N) is 1. The first-order valence-corrected chi connectivity index (χ1v) is 13.6. The Morgan fingerprint density at radius 3 is 2.44 bits per heavy atom. The lowest BCUT2D eigenvalue weighted by atomic mass is 9.96. The molecule has 1 aromatic carbocycles. The highest BCUT2D eigenvalue weighted by Crippen LogP contribution is 2.22. The smallest absolute Gasteiger partial charge is 0.326 e. The highest BCUT2D eigenvalue weighted by atomic mass is 32.2. The van der Waals surface area contributed by atoms with E-state index in [0.717, 1.165) is 5.56 Å². The van der Waals surface area contributed by atoms with Crippen molar-refractivity contribution in [3.8, 4) is 5.75 Å². The fourth-order valence-corrected chi connectivity index (χ4v) is 4.64. The summed E-state index contributed by atoms with van der Waals surface area (Å²) in [5, 5.41) is 24.3. The normalized spacial score (nSPS) is 18.7. The summed E-state index contributed by atoms with van der Waals surface area (Å²) >= 11 is 1.49. The predicted octanol–water partition coefficient (Wildman–Crippen LogP) is 1.11. The van der Waals surface area contributed by atoms with Crippen molar-refractivity contribution in [1.29, 1.82) is 0 Å². The third-order valence-electron chi connectivity index (χ3n) is 6.57. The minimum absolute atomic E-state index is 0.113. The third kappa shape index (κ3) is 8.12. The molecule has 0 bridgehead atoms. The number of phenolic OH excluding ortho intramolecular Hbond substituents is 1. The molecule has 1 heterocycles. The molecule has 1 aromatic rings. The summed E-state index contributed by atoms with van der Waals surface area (Å²) in [5.74, 6) is -1.97. The third-order valence-corrected chi connectivity index (χ3v) is 7.21. The van der Waals surface area contributed by atoms with E-state index in [9.17, 15) is 29.4 Å². The van der Waals surface area contributed by atoms with Gasteiger partial charge in [-0.1, -0.05) is 32.4 Å². The van der Waals surface area contributed by atoms with Gasteiger partial charge in [-0.25, -0.2) is 4.79 Å². The van der Waals surface area contributed by atoms with Crippen LogP contribution in [0.3, 0.4) is 0 Å². The Kier molecular flexibility index (Phi) is 11.5. The lowest BCUT2D eigenvalue weighted by Crippen LogP contribution is -2.58. The Labute approximate surface area is 216 Å². The predicted molar refractivity (Wildman–Crippen MR) is 138 cm³/mol. The molecule has 6 N–H and O–H groups in total. The number of aromatic hydroxyl groups is 1. The zero-order chi connectivity index (χ0) is 26.8. The van der Waals surface area contributed by atoms with Crippen molar-refractivity contribution in [3.05, 3.63) is 29.8 Å². The number of benzene rings is 1. The van der Waals surface area contributed by atoms with Gasteiger partial charge in [-0.15, -0.1) is 0 Å². The second kappa shape index (κ2) is 14.1. The van der Waals surface area contributed by atoms with Crippen LogP contribution in [-0.4, -0.2) is 81.5 Å². The standard InChI is InChI=1S/C25H38N4O6S/c1-4-15(2)21(28-22(31)18(26)14-16-7-9-17(30)10-8-16)24(33)29-12-5-6-20(29)23(32)27-19(25(34)35)11-13-36-3/h7-10,15,18-21,30H,4-6,11-14,26H2,1-3H3,(H,27,32)(H,28,31)(H,34,35). The summed E-state index contributed by atoms with van der Waals surface area (Å²) in [6.45, 7) is 4.11. The van der Waals surface area contributed by atoms with E-state index in [0.29, 0.717) is 31.6 Å². The Bertz CT molecular complexity index is 912. The highest BCUT2D eigenvalue weighted by Gasteiger charge is 2.40. The molecule has 1 saturated heterocycles. The number of rotatable bonds is 13. The summed E-state index contributed by atoms with van der Waals surface area (Å²) < 4.78 is 0. The Hall–Kier alpha value is -2.79. The second-order valence-electron chi connectivity index (χ2n) is 9.22. The number of aliphatic carboxylic acids is 1. The first-order chi connectivity index (χ1) is 17.1. The molecule has 1 aliphatic heterocycles. The zero-order valence-corrected chi connectivity index (χ0v) is 21.9. The summed E-state index contributed by atoms with van der Waals surface area (Å²) in [6, 6.07) is 2.80. The summed E-state index contributed by atoms with van der Waals surface area (Å²) in [4.78, 5) is 52.4.